The molecule has 0 saturated heterocycles. The number of carbonyl (C=O) groups excluding carboxylic acids is 1. The van der Waals surface area contributed by atoms with E-state index in [1.807, 2.05) is 0 Å². The summed E-state index contributed by atoms with van der Waals surface area (Å²) >= 11 is 3.31. The van der Waals surface area contributed by atoms with Crippen LogP contribution in [0.25, 0.3) is 11.0 Å². The molecule has 0 bridgehead atoms. The van der Waals surface area contributed by atoms with E-state index in [2.05, 4.69) is 25.9 Å². The molecule has 0 fully saturated rings. The molecule has 4 nitrogen and oxygen atoms in total. The smallest absolute Gasteiger partial charge is 0.306 e. The van der Waals surface area contributed by atoms with Gasteiger partial charge in [-0.2, -0.15) is 0 Å². The lowest BCUT2D eigenvalue weighted by atomic mass is 10.0. The van der Waals surface area contributed by atoms with Gasteiger partial charge in [-0.1, -0.05) is 18.2 Å². The zero-order chi connectivity index (χ0) is 15.0. The molecule has 0 amide bonds. The summed E-state index contributed by atoms with van der Waals surface area (Å²) in [6.07, 6.45) is -0.0363. The van der Waals surface area contributed by atoms with Crippen molar-refractivity contribution in [3.8, 4) is 0 Å². The number of Topliss-reactive ketones (excluding diaryl/α,β-unsaturated/α-hetero) is 1. The molecule has 0 radical (unpaired) electrons. The van der Waals surface area contributed by atoms with Crippen molar-refractivity contribution in [2.24, 2.45) is 0 Å². The van der Waals surface area contributed by atoms with Gasteiger partial charge in [0.05, 0.1) is 11.0 Å². The van der Waals surface area contributed by atoms with Crippen molar-refractivity contribution in [1.29, 1.82) is 0 Å². The summed E-state index contributed by atoms with van der Waals surface area (Å²) in [4.78, 5) is 28.8. The Balaban J connectivity index is 1.99. The molecular formula is C15H10BrFN2O2. The number of carbonyl (C=O) groups is 1. The van der Waals surface area contributed by atoms with E-state index in [4.69, 9.17) is 0 Å². The monoisotopic (exact) mass is 348 g/mol. The lowest BCUT2D eigenvalue weighted by Crippen LogP contribution is -2.06. The van der Waals surface area contributed by atoms with Gasteiger partial charge < -0.3 is 9.97 Å². The topological polar surface area (TPSA) is 65.7 Å². The lowest BCUT2D eigenvalue weighted by Gasteiger charge is -2.05. The van der Waals surface area contributed by atoms with Gasteiger partial charge in [0, 0.05) is 16.5 Å². The van der Waals surface area contributed by atoms with Crippen molar-refractivity contribution in [2.45, 2.75) is 6.42 Å². The molecule has 2 aromatic carbocycles. The van der Waals surface area contributed by atoms with E-state index in [0.29, 0.717) is 26.6 Å². The highest BCUT2D eigenvalue weighted by Gasteiger charge is 2.15. The molecular weight excluding hydrogens is 339 g/mol. The number of H-pyrrole nitrogens is 2. The van der Waals surface area contributed by atoms with Crippen molar-refractivity contribution >= 4 is 32.7 Å². The van der Waals surface area contributed by atoms with Gasteiger partial charge in [-0.3, -0.25) is 4.79 Å². The van der Waals surface area contributed by atoms with Crippen molar-refractivity contribution in [3.05, 3.63) is 68.3 Å². The first-order chi connectivity index (χ1) is 10.0. The zero-order valence-electron chi connectivity index (χ0n) is 10.7. The molecule has 106 valence electrons. The van der Waals surface area contributed by atoms with Crippen LogP contribution in [-0.4, -0.2) is 15.8 Å². The van der Waals surface area contributed by atoms with Crippen LogP contribution in [-0.2, 0) is 6.42 Å². The fraction of sp³-hybridized carbons (Fsp3) is 0.0667. The number of aromatic amines is 2. The van der Waals surface area contributed by atoms with Crippen molar-refractivity contribution < 1.29 is 9.18 Å². The van der Waals surface area contributed by atoms with Crippen LogP contribution in [0, 0.1) is 5.82 Å². The first-order valence-corrected chi connectivity index (χ1v) is 7.02. The largest absolute Gasteiger partial charge is 0.323 e. The SMILES string of the molecule is O=C(Cc1ccccc1F)c1cc2[nH]c(=O)[nH]c2cc1Br. The maximum absolute atomic E-state index is 13.6. The third-order valence-corrected chi connectivity index (χ3v) is 3.87. The van der Waals surface area contributed by atoms with Gasteiger partial charge in [-0.05, 0) is 39.7 Å². The Bertz CT molecular complexity index is 898. The highest BCUT2D eigenvalue weighted by atomic mass is 79.9. The quantitative estimate of drug-likeness (QED) is 0.714. The summed E-state index contributed by atoms with van der Waals surface area (Å²) in [5, 5.41) is 0. The van der Waals surface area contributed by atoms with Crippen LogP contribution in [0.15, 0.2) is 45.7 Å². The average molecular weight is 349 g/mol. The molecule has 0 spiro atoms. The lowest BCUT2D eigenvalue weighted by molar-refractivity contribution is 0.0991. The Morgan fingerprint density at radius 1 is 1.14 bits per heavy atom. The summed E-state index contributed by atoms with van der Waals surface area (Å²) in [6, 6.07) is 9.41. The molecule has 0 atom stereocenters. The Labute approximate surface area is 127 Å². The number of hydrogen-bond acceptors (Lipinski definition) is 2. The number of rotatable bonds is 3. The van der Waals surface area contributed by atoms with Gasteiger partial charge >= 0.3 is 5.69 Å². The fourth-order valence-corrected chi connectivity index (χ4v) is 2.74. The average Bonchev–Trinajstić information content (AvgIpc) is 2.79. The predicted molar refractivity (Wildman–Crippen MR) is 81.1 cm³/mol. The summed E-state index contributed by atoms with van der Waals surface area (Å²) in [5.74, 6) is -0.631. The number of hydrogen-bond donors (Lipinski definition) is 2. The maximum atomic E-state index is 13.6. The minimum absolute atomic E-state index is 0.0363. The third kappa shape index (κ3) is 2.67. The van der Waals surface area contributed by atoms with E-state index in [1.165, 1.54) is 6.07 Å². The number of imidazole rings is 1. The molecule has 0 aliphatic heterocycles. The molecule has 2 N–H and O–H groups in total. The number of fused-ring (bicyclic) bond motifs is 1. The zero-order valence-corrected chi connectivity index (χ0v) is 12.3. The van der Waals surface area contributed by atoms with Crippen molar-refractivity contribution in [2.75, 3.05) is 0 Å². The summed E-state index contributed by atoms with van der Waals surface area (Å²) in [5.41, 5.74) is 1.56. The van der Waals surface area contributed by atoms with Gasteiger partial charge in [0.15, 0.2) is 5.78 Å². The van der Waals surface area contributed by atoms with Gasteiger partial charge in [-0.15, -0.1) is 0 Å². The Morgan fingerprint density at radius 3 is 2.52 bits per heavy atom. The Kier molecular flexibility index (Phi) is 3.47. The number of benzene rings is 2. The molecule has 3 rings (SSSR count). The standard InChI is InChI=1S/C15H10BrFN2O2/c16-10-7-13-12(18-15(21)19-13)6-9(10)14(20)5-8-3-1-2-4-11(8)17/h1-4,6-7H,5H2,(H2,18,19,21). The van der Waals surface area contributed by atoms with Gasteiger partial charge in [-0.25, -0.2) is 9.18 Å². The molecule has 1 aromatic heterocycles. The number of ketones is 1. The van der Waals surface area contributed by atoms with Crippen LogP contribution in [0.4, 0.5) is 4.39 Å². The minimum atomic E-state index is -0.405. The molecule has 0 unspecified atom stereocenters. The Hall–Kier alpha value is -2.21. The molecule has 6 heteroatoms. The minimum Gasteiger partial charge on any atom is -0.306 e. The van der Waals surface area contributed by atoms with Crippen LogP contribution >= 0.6 is 15.9 Å². The highest BCUT2D eigenvalue weighted by Crippen LogP contribution is 2.23. The van der Waals surface area contributed by atoms with Crippen molar-refractivity contribution in [1.82, 2.24) is 9.97 Å². The van der Waals surface area contributed by atoms with Gasteiger partial charge in [0.25, 0.3) is 0 Å². The predicted octanol–water partition coefficient (Wildman–Crippen LogP) is 3.18. The van der Waals surface area contributed by atoms with Crippen LogP contribution in [0.3, 0.4) is 0 Å². The van der Waals surface area contributed by atoms with Crippen LogP contribution in [0.2, 0.25) is 0 Å². The summed E-state index contributed by atoms with van der Waals surface area (Å²) in [7, 11) is 0. The molecule has 0 aliphatic carbocycles. The van der Waals surface area contributed by atoms with Crippen molar-refractivity contribution in [3.63, 3.8) is 0 Å². The first-order valence-electron chi connectivity index (χ1n) is 6.23. The molecule has 21 heavy (non-hydrogen) atoms. The molecule has 0 aliphatic rings. The fourth-order valence-electron chi connectivity index (χ4n) is 2.18. The normalized spacial score (nSPS) is 11.0. The summed E-state index contributed by atoms with van der Waals surface area (Å²) in [6.45, 7) is 0. The molecule has 3 aromatic rings. The second-order valence-corrected chi connectivity index (χ2v) is 5.50. The second-order valence-electron chi connectivity index (χ2n) is 4.65. The van der Waals surface area contributed by atoms with E-state index in [1.54, 1.807) is 30.3 Å². The number of aromatic nitrogens is 2. The first kappa shape index (κ1) is 13.8. The highest BCUT2D eigenvalue weighted by molar-refractivity contribution is 9.10. The third-order valence-electron chi connectivity index (χ3n) is 3.21. The number of nitrogens with one attached hydrogen (secondary N) is 2. The number of halogens is 2. The van der Waals surface area contributed by atoms with Crippen LogP contribution in [0.1, 0.15) is 15.9 Å². The second kappa shape index (κ2) is 5.29. The van der Waals surface area contributed by atoms with E-state index in [0.717, 1.165) is 0 Å². The van der Waals surface area contributed by atoms with E-state index < -0.39 is 5.82 Å². The molecule has 1 heterocycles. The van der Waals surface area contributed by atoms with E-state index in [-0.39, 0.29) is 17.9 Å². The van der Waals surface area contributed by atoms with E-state index in [9.17, 15) is 14.0 Å². The van der Waals surface area contributed by atoms with Gasteiger partial charge in [0.2, 0.25) is 0 Å². The maximum Gasteiger partial charge on any atom is 0.323 e. The van der Waals surface area contributed by atoms with Gasteiger partial charge in [0.1, 0.15) is 5.82 Å². The van der Waals surface area contributed by atoms with E-state index >= 15 is 0 Å². The Morgan fingerprint density at radius 2 is 1.81 bits per heavy atom. The molecule has 0 saturated carbocycles. The summed E-state index contributed by atoms with van der Waals surface area (Å²) < 4.78 is 14.2. The van der Waals surface area contributed by atoms with Crippen LogP contribution in [0.5, 0.6) is 0 Å². The van der Waals surface area contributed by atoms with Crippen LogP contribution < -0.4 is 5.69 Å².